The minimum Gasteiger partial charge on any atom is -0.381 e. The first-order chi connectivity index (χ1) is 10.5. The van der Waals surface area contributed by atoms with Gasteiger partial charge in [-0.25, -0.2) is 8.42 Å². The van der Waals surface area contributed by atoms with E-state index in [1.54, 1.807) is 0 Å². The lowest BCUT2D eigenvalue weighted by atomic mass is 9.97. The Balaban J connectivity index is 1.93. The molecule has 0 spiro atoms. The molecule has 2 rings (SSSR count). The average Bonchev–Trinajstić information content (AvgIpc) is 2.75. The molecule has 1 saturated heterocycles. The molecule has 126 valence electrons. The van der Waals surface area contributed by atoms with Gasteiger partial charge in [-0.05, 0) is 44.9 Å². The Morgan fingerprint density at radius 1 is 1.27 bits per heavy atom. The Morgan fingerprint density at radius 3 is 2.68 bits per heavy atom. The van der Waals surface area contributed by atoms with Crippen molar-refractivity contribution < 1.29 is 17.9 Å². The van der Waals surface area contributed by atoms with Crippen LogP contribution in [-0.4, -0.2) is 45.1 Å². The maximum atomic E-state index is 12.5. The molecule has 0 aromatic carbocycles. The minimum absolute atomic E-state index is 0.250. The molecule has 1 N–H and O–H groups in total. The molecule has 1 aliphatic carbocycles. The van der Waals surface area contributed by atoms with Crippen LogP contribution in [0.5, 0.6) is 0 Å². The Labute approximate surface area is 133 Å². The highest BCUT2D eigenvalue weighted by Crippen LogP contribution is 2.29. The van der Waals surface area contributed by atoms with Crippen LogP contribution in [0.25, 0.3) is 0 Å². The quantitative estimate of drug-likeness (QED) is 0.783. The zero-order valence-corrected chi connectivity index (χ0v) is 14.2. The van der Waals surface area contributed by atoms with Crippen molar-refractivity contribution >= 4 is 15.7 Å². The normalized spacial score (nSPS) is 22.5. The summed E-state index contributed by atoms with van der Waals surface area (Å²) < 4.78 is 28.2. The number of rotatable bonds is 5. The summed E-state index contributed by atoms with van der Waals surface area (Å²) in [5.41, 5.74) is 1.39. The van der Waals surface area contributed by atoms with Gasteiger partial charge in [-0.3, -0.25) is 4.79 Å². The zero-order valence-electron chi connectivity index (χ0n) is 13.4. The fraction of sp³-hybridized carbons (Fsp3) is 0.812. The summed E-state index contributed by atoms with van der Waals surface area (Å²) in [4.78, 5) is 12.5. The van der Waals surface area contributed by atoms with E-state index >= 15 is 0 Å². The largest absolute Gasteiger partial charge is 0.381 e. The second kappa shape index (κ2) is 7.59. The van der Waals surface area contributed by atoms with E-state index in [1.807, 2.05) is 0 Å². The monoisotopic (exact) mass is 329 g/mol. The van der Waals surface area contributed by atoms with E-state index in [4.69, 9.17) is 4.74 Å². The van der Waals surface area contributed by atoms with E-state index in [0.29, 0.717) is 19.8 Å². The summed E-state index contributed by atoms with van der Waals surface area (Å²) >= 11 is 0. The van der Waals surface area contributed by atoms with Crippen LogP contribution in [0.15, 0.2) is 11.6 Å². The SMILES string of the molecule is CS(=O)(=O)C1(C(=O)NCCC2=CCCCCC2)CCOCC1. The van der Waals surface area contributed by atoms with Crippen molar-refractivity contribution in [3.63, 3.8) is 0 Å². The molecule has 1 heterocycles. The van der Waals surface area contributed by atoms with E-state index in [0.717, 1.165) is 25.5 Å². The summed E-state index contributed by atoms with van der Waals surface area (Å²) in [5.74, 6) is -0.354. The number of allylic oxidation sites excluding steroid dienone is 1. The van der Waals surface area contributed by atoms with Crippen molar-refractivity contribution in [1.82, 2.24) is 5.32 Å². The Hall–Kier alpha value is -0.880. The predicted octanol–water partition coefficient (Wildman–Crippen LogP) is 1.98. The second-order valence-corrected chi connectivity index (χ2v) is 8.67. The number of sulfone groups is 1. The van der Waals surface area contributed by atoms with Crippen molar-refractivity contribution in [2.75, 3.05) is 26.0 Å². The van der Waals surface area contributed by atoms with Crippen LogP contribution >= 0.6 is 0 Å². The van der Waals surface area contributed by atoms with Crippen molar-refractivity contribution in [3.05, 3.63) is 11.6 Å². The molecule has 1 amide bonds. The molecular formula is C16H27NO4S. The Bertz CT molecular complexity index is 518. The first-order valence-electron chi connectivity index (χ1n) is 8.19. The van der Waals surface area contributed by atoms with Gasteiger partial charge >= 0.3 is 0 Å². The molecule has 0 bridgehead atoms. The molecule has 6 heteroatoms. The summed E-state index contributed by atoms with van der Waals surface area (Å²) in [6, 6.07) is 0. The van der Waals surface area contributed by atoms with Crippen LogP contribution in [0.2, 0.25) is 0 Å². The number of hydrogen-bond acceptors (Lipinski definition) is 4. The lowest BCUT2D eigenvalue weighted by Gasteiger charge is -2.33. The van der Waals surface area contributed by atoms with Gasteiger partial charge in [0.1, 0.15) is 0 Å². The van der Waals surface area contributed by atoms with Crippen molar-refractivity contribution in [1.29, 1.82) is 0 Å². The van der Waals surface area contributed by atoms with Crippen LogP contribution in [0.4, 0.5) is 0 Å². The third-order valence-electron chi connectivity index (χ3n) is 4.79. The molecule has 2 aliphatic rings. The zero-order chi connectivity index (χ0) is 16.1. The van der Waals surface area contributed by atoms with E-state index in [-0.39, 0.29) is 18.7 Å². The fourth-order valence-electron chi connectivity index (χ4n) is 3.27. The number of hydrogen-bond donors (Lipinski definition) is 1. The molecule has 22 heavy (non-hydrogen) atoms. The van der Waals surface area contributed by atoms with Crippen LogP contribution < -0.4 is 5.32 Å². The summed E-state index contributed by atoms with van der Waals surface area (Å²) in [7, 11) is -3.45. The van der Waals surface area contributed by atoms with E-state index in [2.05, 4.69) is 11.4 Å². The number of nitrogens with one attached hydrogen (secondary N) is 1. The van der Waals surface area contributed by atoms with Gasteiger partial charge in [-0.2, -0.15) is 0 Å². The maximum absolute atomic E-state index is 12.5. The Kier molecular flexibility index (Phi) is 6.03. The fourth-order valence-corrected chi connectivity index (χ4v) is 4.59. The highest BCUT2D eigenvalue weighted by Gasteiger charge is 2.48. The summed E-state index contributed by atoms with van der Waals surface area (Å²) in [5, 5.41) is 2.85. The standard InChI is InChI=1S/C16H27NO4S/c1-22(19,20)16(9-12-21-13-10-16)15(18)17-11-8-14-6-4-2-3-5-7-14/h6H,2-5,7-13H2,1H3,(H,17,18). The van der Waals surface area contributed by atoms with Gasteiger partial charge in [0.05, 0.1) is 0 Å². The third-order valence-corrected chi connectivity index (χ3v) is 6.80. The first-order valence-corrected chi connectivity index (χ1v) is 10.1. The number of ether oxygens (including phenoxy) is 1. The number of amides is 1. The van der Waals surface area contributed by atoms with Crippen LogP contribution in [0.1, 0.15) is 51.4 Å². The minimum atomic E-state index is -3.45. The van der Waals surface area contributed by atoms with Gasteiger partial charge in [0.15, 0.2) is 14.6 Å². The van der Waals surface area contributed by atoms with E-state index in [1.165, 1.54) is 24.8 Å². The van der Waals surface area contributed by atoms with E-state index in [9.17, 15) is 13.2 Å². The van der Waals surface area contributed by atoms with Gasteiger partial charge in [0, 0.05) is 26.0 Å². The summed E-state index contributed by atoms with van der Waals surface area (Å²) in [6.45, 7) is 1.17. The van der Waals surface area contributed by atoms with Gasteiger partial charge in [-0.1, -0.05) is 18.1 Å². The molecule has 0 radical (unpaired) electrons. The molecule has 1 aliphatic heterocycles. The van der Waals surface area contributed by atoms with Crippen LogP contribution in [0.3, 0.4) is 0 Å². The first kappa shape index (κ1) is 17.5. The predicted molar refractivity (Wildman–Crippen MR) is 86.4 cm³/mol. The van der Waals surface area contributed by atoms with Gasteiger partial charge < -0.3 is 10.1 Å². The van der Waals surface area contributed by atoms with Crippen LogP contribution in [-0.2, 0) is 19.4 Å². The highest BCUT2D eigenvalue weighted by atomic mass is 32.2. The molecule has 0 aromatic rings. The number of carbonyl (C=O) groups is 1. The van der Waals surface area contributed by atoms with Gasteiger partial charge in [0.2, 0.25) is 5.91 Å². The molecule has 1 fully saturated rings. The van der Waals surface area contributed by atoms with Crippen molar-refractivity contribution in [3.8, 4) is 0 Å². The van der Waals surface area contributed by atoms with Crippen molar-refractivity contribution in [2.45, 2.75) is 56.1 Å². The topological polar surface area (TPSA) is 72.5 Å². The van der Waals surface area contributed by atoms with Crippen LogP contribution in [0, 0.1) is 0 Å². The van der Waals surface area contributed by atoms with Gasteiger partial charge in [-0.15, -0.1) is 0 Å². The second-order valence-electron chi connectivity index (χ2n) is 6.35. The average molecular weight is 329 g/mol. The van der Waals surface area contributed by atoms with Crippen molar-refractivity contribution in [2.24, 2.45) is 0 Å². The van der Waals surface area contributed by atoms with Gasteiger partial charge in [0.25, 0.3) is 0 Å². The molecule has 0 atom stereocenters. The maximum Gasteiger partial charge on any atom is 0.241 e. The lowest BCUT2D eigenvalue weighted by molar-refractivity contribution is -0.126. The molecular weight excluding hydrogens is 302 g/mol. The number of carbonyl (C=O) groups excluding carboxylic acids is 1. The molecule has 0 aromatic heterocycles. The third kappa shape index (κ3) is 4.10. The molecule has 0 unspecified atom stereocenters. The molecule has 5 nitrogen and oxygen atoms in total. The summed E-state index contributed by atoms with van der Waals surface area (Å²) in [6.07, 6.45) is 10.7. The Morgan fingerprint density at radius 2 is 2.00 bits per heavy atom. The lowest BCUT2D eigenvalue weighted by Crippen LogP contribution is -2.55. The smallest absolute Gasteiger partial charge is 0.241 e. The molecule has 0 saturated carbocycles. The van der Waals surface area contributed by atoms with E-state index < -0.39 is 14.6 Å². The highest BCUT2D eigenvalue weighted by molar-refractivity contribution is 7.92.